The van der Waals surface area contributed by atoms with E-state index in [1.807, 2.05) is 32.9 Å². The first-order valence-electron chi connectivity index (χ1n) is 11.4. The van der Waals surface area contributed by atoms with Crippen molar-refractivity contribution in [3.05, 3.63) is 53.7 Å². The molecule has 1 saturated heterocycles. The van der Waals surface area contributed by atoms with E-state index in [1.54, 1.807) is 30.5 Å². The number of likely N-dealkylation sites (N-methyl/N-ethyl adjacent to an activating group) is 1. The summed E-state index contributed by atoms with van der Waals surface area (Å²) in [5.41, 5.74) is 1.90. The number of carbonyl (C=O) groups excluding carboxylic acids is 1. The highest BCUT2D eigenvalue weighted by atomic mass is 32.2. The minimum absolute atomic E-state index is 0.145. The molecule has 0 saturated carbocycles. The molecule has 2 heterocycles. The number of aromatic nitrogens is 1. The van der Waals surface area contributed by atoms with Crippen molar-refractivity contribution in [1.82, 2.24) is 19.9 Å². The molecule has 0 aliphatic carbocycles. The highest BCUT2D eigenvalue weighted by Gasteiger charge is 2.26. The van der Waals surface area contributed by atoms with E-state index in [-0.39, 0.29) is 16.7 Å². The fourth-order valence-electron chi connectivity index (χ4n) is 3.74. The van der Waals surface area contributed by atoms with Gasteiger partial charge >= 0.3 is 0 Å². The Morgan fingerprint density at radius 1 is 1.09 bits per heavy atom. The number of anilines is 1. The van der Waals surface area contributed by atoms with Gasteiger partial charge in [0, 0.05) is 38.9 Å². The maximum absolute atomic E-state index is 13.0. The maximum Gasteiger partial charge on any atom is 0.241 e. The van der Waals surface area contributed by atoms with Crippen LogP contribution in [0.25, 0.3) is 0 Å². The van der Waals surface area contributed by atoms with Gasteiger partial charge in [0.05, 0.1) is 4.90 Å². The predicted octanol–water partition coefficient (Wildman–Crippen LogP) is 2.15. The first-order chi connectivity index (χ1) is 15.6. The van der Waals surface area contributed by atoms with Gasteiger partial charge in [0.1, 0.15) is 11.9 Å². The third-order valence-electron chi connectivity index (χ3n) is 5.76. The lowest BCUT2D eigenvalue weighted by Crippen LogP contribution is -2.47. The summed E-state index contributed by atoms with van der Waals surface area (Å²) in [4.78, 5) is 22.1. The van der Waals surface area contributed by atoms with E-state index < -0.39 is 16.1 Å². The van der Waals surface area contributed by atoms with Gasteiger partial charge in [-0.25, -0.2) is 13.4 Å². The summed E-state index contributed by atoms with van der Waals surface area (Å²) in [5, 5.41) is 2.90. The van der Waals surface area contributed by atoms with Gasteiger partial charge in [0.25, 0.3) is 0 Å². The number of amides is 1. The monoisotopic (exact) mass is 473 g/mol. The Morgan fingerprint density at radius 2 is 1.76 bits per heavy atom. The van der Waals surface area contributed by atoms with E-state index in [2.05, 4.69) is 31.9 Å². The summed E-state index contributed by atoms with van der Waals surface area (Å²) >= 11 is 0. The molecule has 1 fully saturated rings. The van der Waals surface area contributed by atoms with Crippen molar-refractivity contribution in [2.75, 3.05) is 38.1 Å². The van der Waals surface area contributed by atoms with E-state index >= 15 is 0 Å². The molecule has 3 rings (SSSR count). The van der Waals surface area contributed by atoms with Gasteiger partial charge in [-0.3, -0.25) is 4.79 Å². The molecule has 9 heteroatoms. The Balaban J connectivity index is 1.65. The van der Waals surface area contributed by atoms with Gasteiger partial charge in [-0.1, -0.05) is 31.5 Å². The Hall–Kier alpha value is -2.49. The number of piperazine rings is 1. The van der Waals surface area contributed by atoms with Crippen LogP contribution in [0.4, 0.5) is 5.82 Å². The molecule has 33 heavy (non-hydrogen) atoms. The average Bonchev–Trinajstić information content (AvgIpc) is 2.77. The minimum Gasteiger partial charge on any atom is -0.354 e. The van der Waals surface area contributed by atoms with Crippen LogP contribution in [-0.4, -0.2) is 63.5 Å². The number of hydrogen-bond donors (Lipinski definition) is 2. The number of benzene rings is 1. The smallest absolute Gasteiger partial charge is 0.241 e. The molecule has 180 valence electrons. The van der Waals surface area contributed by atoms with Crippen LogP contribution in [0.2, 0.25) is 0 Å². The molecule has 0 spiro atoms. The number of nitrogens with one attached hydrogen (secondary N) is 2. The van der Waals surface area contributed by atoms with Gasteiger partial charge in [0.15, 0.2) is 0 Å². The van der Waals surface area contributed by atoms with Crippen LogP contribution < -0.4 is 14.9 Å². The summed E-state index contributed by atoms with van der Waals surface area (Å²) in [6.07, 6.45) is 2.15. The van der Waals surface area contributed by atoms with E-state index in [0.717, 1.165) is 43.1 Å². The number of aryl methyl sites for hydroxylation is 1. The second-order valence-corrected chi connectivity index (χ2v) is 10.9. The number of rotatable bonds is 9. The van der Waals surface area contributed by atoms with E-state index in [9.17, 15) is 13.2 Å². The topological polar surface area (TPSA) is 94.6 Å². The summed E-state index contributed by atoms with van der Waals surface area (Å²) in [6, 6.07) is 9.60. The van der Waals surface area contributed by atoms with E-state index in [0.29, 0.717) is 13.0 Å². The molecule has 0 radical (unpaired) electrons. The first kappa shape index (κ1) is 25.1. The lowest BCUT2D eigenvalue weighted by molar-refractivity contribution is -0.123. The molecule has 1 aromatic carbocycles. The zero-order chi connectivity index (χ0) is 24.0. The van der Waals surface area contributed by atoms with Crippen LogP contribution in [0.15, 0.2) is 47.5 Å². The molecule has 1 unspecified atom stereocenters. The molecule has 2 N–H and O–H groups in total. The van der Waals surface area contributed by atoms with Gasteiger partial charge in [-0.15, -0.1) is 0 Å². The van der Waals surface area contributed by atoms with Crippen molar-refractivity contribution in [1.29, 1.82) is 0 Å². The number of nitrogens with zero attached hydrogens (tertiary/aromatic N) is 3. The number of sulfonamides is 1. The molecule has 2 aromatic rings. The quantitative estimate of drug-likeness (QED) is 0.580. The fraction of sp³-hybridized carbons (Fsp3) is 0.500. The minimum atomic E-state index is -3.81. The SMILES string of the molecule is Cc1ccc(S(=O)(=O)NC(CC(C)C)C(=O)NCc2ccnc(N3CCN(C)CC3)c2)cc1. The van der Waals surface area contributed by atoms with Gasteiger partial charge in [-0.05, 0) is 56.1 Å². The number of hydrogen-bond acceptors (Lipinski definition) is 6. The zero-order valence-corrected chi connectivity index (χ0v) is 20.7. The van der Waals surface area contributed by atoms with Gasteiger partial charge < -0.3 is 15.1 Å². The Morgan fingerprint density at radius 3 is 2.39 bits per heavy atom. The third kappa shape index (κ3) is 7.25. The van der Waals surface area contributed by atoms with Crippen molar-refractivity contribution in [3.63, 3.8) is 0 Å². The Labute approximate surface area is 197 Å². The number of carbonyl (C=O) groups is 1. The normalized spacial score (nSPS) is 16.1. The van der Waals surface area contributed by atoms with Crippen molar-refractivity contribution in [2.24, 2.45) is 5.92 Å². The summed E-state index contributed by atoms with van der Waals surface area (Å²) in [6.45, 7) is 9.93. The lowest BCUT2D eigenvalue weighted by Gasteiger charge is -2.33. The second kappa shape index (κ2) is 11.1. The molecule has 1 aliphatic rings. The first-order valence-corrected chi connectivity index (χ1v) is 12.9. The molecule has 8 nitrogen and oxygen atoms in total. The van der Waals surface area contributed by atoms with Crippen molar-refractivity contribution < 1.29 is 13.2 Å². The Bertz CT molecular complexity index is 1030. The zero-order valence-electron chi connectivity index (χ0n) is 19.9. The van der Waals surface area contributed by atoms with E-state index in [1.165, 1.54) is 0 Å². The van der Waals surface area contributed by atoms with Crippen LogP contribution >= 0.6 is 0 Å². The van der Waals surface area contributed by atoms with Crippen LogP contribution in [0.5, 0.6) is 0 Å². The van der Waals surface area contributed by atoms with Crippen LogP contribution in [0, 0.1) is 12.8 Å². The van der Waals surface area contributed by atoms with Crippen LogP contribution in [0.3, 0.4) is 0 Å². The van der Waals surface area contributed by atoms with E-state index in [4.69, 9.17) is 0 Å². The van der Waals surface area contributed by atoms with Crippen LogP contribution in [0.1, 0.15) is 31.4 Å². The maximum atomic E-state index is 13.0. The van der Waals surface area contributed by atoms with Crippen molar-refractivity contribution >= 4 is 21.7 Å². The fourth-order valence-corrected chi connectivity index (χ4v) is 4.95. The third-order valence-corrected chi connectivity index (χ3v) is 7.24. The highest BCUT2D eigenvalue weighted by Crippen LogP contribution is 2.16. The summed E-state index contributed by atoms with van der Waals surface area (Å²) in [5.74, 6) is 0.706. The predicted molar refractivity (Wildman–Crippen MR) is 131 cm³/mol. The van der Waals surface area contributed by atoms with Gasteiger partial charge in [0.2, 0.25) is 15.9 Å². The largest absolute Gasteiger partial charge is 0.354 e. The second-order valence-electron chi connectivity index (χ2n) is 9.15. The summed E-state index contributed by atoms with van der Waals surface area (Å²) < 4.78 is 28.3. The molecule has 1 aromatic heterocycles. The molecule has 0 bridgehead atoms. The van der Waals surface area contributed by atoms with Crippen molar-refractivity contribution in [3.8, 4) is 0 Å². The molecule has 1 atom stereocenters. The average molecular weight is 474 g/mol. The van der Waals surface area contributed by atoms with Crippen LogP contribution in [-0.2, 0) is 21.4 Å². The highest BCUT2D eigenvalue weighted by molar-refractivity contribution is 7.89. The lowest BCUT2D eigenvalue weighted by atomic mass is 10.0. The molecular weight excluding hydrogens is 438 g/mol. The standard InChI is InChI=1S/C24H35N5O3S/c1-18(2)15-22(27-33(31,32)21-7-5-19(3)6-8-21)24(30)26-17-20-9-10-25-23(16-20)29-13-11-28(4)12-14-29/h5-10,16,18,22,27H,11-15,17H2,1-4H3,(H,26,30). The van der Waals surface area contributed by atoms with Gasteiger partial charge in [-0.2, -0.15) is 4.72 Å². The molecule has 1 amide bonds. The summed E-state index contributed by atoms with van der Waals surface area (Å²) in [7, 11) is -1.70. The number of pyridine rings is 1. The van der Waals surface area contributed by atoms with Crippen molar-refractivity contribution in [2.45, 2.75) is 44.7 Å². The Kier molecular flexibility index (Phi) is 8.45. The molecular formula is C24H35N5O3S. The molecule has 1 aliphatic heterocycles.